The topological polar surface area (TPSA) is 20.3 Å². The van der Waals surface area contributed by atoms with Crippen molar-refractivity contribution in [2.75, 3.05) is 18.1 Å². The normalized spacial score (nSPS) is 28.7. The molecule has 2 heterocycles. The molecule has 0 bridgehead atoms. The van der Waals surface area contributed by atoms with Gasteiger partial charge in [0.25, 0.3) is 0 Å². The first-order chi connectivity index (χ1) is 7.95. The zero-order valence-corrected chi connectivity index (χ0v) is 12.9. The first-order valence-corrected chi connectivity index (χ1v) is 8.50. The average Bonchev–Trinajstić information content (AvgIpc) is 2.86. The van der Waals surface area contributed by atoms with Gasteiger partial charge in [0.1, 0.15) is 0 Å². The third-order valence-corrected chi connectivity index (χ3v) is 7.13. The third-order valence-electron chi connectivity index (χ3n) is 3.70. The molecule has 98 valence electrons. The van der Waals surface area contributed by atoms with E-state index in [1.165, 1.54) is 11.5 Å². The quantitative estimate of drug-likeness (QED) is 0.787. The van der Waals surface area contributed by atoms with E-state index in [0.717, 1.165) is 13.0 Å². The molecular weight excluding hydrogens is 250 g/mol. The summed E-state index contributed by atoms with van der Waals surface area (Å²) in [4.78, 5) is 14.8. The number of thioether (sulfide) groups is 2. The summed E-state index contributed by atoms with van der Waals surface area (Å²) >= 11 is 4.15. The molecule has 2 fully saturated rings. The molecule has 0 aromatic rings. The van der Waals surface area contributed by atoms with Crippen LogP contribution in [0.5, 0.6) is 0 Å². The fourth-order valence-electron chi connectivity index (χ4n) is 2.76. The van der Waals surface area contributed by atoms with E-state index in [1.807, 2.05) is 13.8 Å². The molecule has 0 radical (unpaired) electrons. The molecule has 0 saturated carbocycles. The Morgan fingerprint density at radius 2 is 1.82 bits per heavy atom. The van der Waals surface area contributed by atoms with E-state index in [-0.39, 0.29) is 12.0 Å². The second kappa shape index (κ2) is 5.14. The summed E-state index contributed by atoms with van der Waals surface area (Å²) < 4.78 is 0.319. The zero-order valence-electron chi connectivity index (χ0n) is 11.2. The Bertz CT molecular complexity index is 298. The maximum atomic E-state index is 12.3. The molecule has 1 spiro atoms. The highest BCUT2D eigenvalue weighted by atomic mass is 32.2. The van der Waals surface area contributed by atoms with Gasteiger partial charge in [-0.05, 0) is 20.3 Å². The fraction of sp³-hybridized carbons (Fsp3) is 0.923. The molecule has 2 aliphatic heterocycles. The molecule has 2 aliphatic rings. The van der Waals surface area contributed by atoms with Gasteiger partial charge in [-0.1, -0.05) is 13.8 Å². The largest absolute Gasteiger partial charge is 0.298 e. The van der Waals surface area contributed by atoms with E-state index in [4.69, 9.17) is 0 Å². The van der Waals surface area contributed by atoms with Gasteiger partial charge in [0.15, 0.2) is 5.78 Å². The van der Waals surface area contributed by atoms with Gasteiger partial charge in [-0.25, -0.2) is 0 Å². The molecule has 17 heavy (non-hydrogen) atoms. The number of hydrogen-bond acceptors (Lipinski definition) is 4. The van der Waals surface area contributed by atoms with Gasteiger partial charge in [-0.15, -0.1) is 23.5 Å². The molecule has 4 heteroatoms. The van der Waals surface area contributed by atoms with Crippen LogP contribution >= 0.6 is 23.5 Å². The van der Waals surface area contributed by atoms with Crippen molar-refractivity contribution < 1.29 is 4.79 Å². The second-order valence-corrected chi connectivity index (χ2v) is 8.87. The first-order valence-electron chi connectivity index (χ1n) is 6.52. The number of carbonyl (C=O) groups is 1. The monoisotopic (exact) mass is 273 g/mol. The van der Waals surface area contributed by atoms with Crippen LogP contribution in [0.3, 0.4) is 0 Å². The number of Topliss-reactive ketones (excluding diaryl/α,β-unsaturated/α-hetero) is 1. The Kier molecular flexibility index (Phi) is 4.16. The van der Waals surface area contributed by atoms with Gasteiger partial charge in [0.2, 0.25) is 0 Å². The van der Waals surface area contributed by atoms with Crippen molar-refractivity contribution in [2.45, 2.75) is 50.3 Å². The summed E-state index contributed by atoms with van der Waals surface area (Å²) in [5, 5.41) is 0. The zero-order chi connectivity index (χ0) is 12.6. The van der Waals surface area contributed by atoms with E-state index < -0.39 is 0 Å². The summed E-state index contributed by atoms with van der Waals surface area (Å²) in [6.07, 6.45) is 1.05. The van der Waals surface area contributed by atoms with E-state index >= 15 is 0 Å². The standard InChI is InChI=1S/C13H23NOS2/c1-9(2)12(15)11-7-13(16-5-6-17-13)8-14(11)10(3)4/h9-11H,5-8H2,1-4H3. The van der Waals surface area contributed by atoms with Crippen LogP contribution in [0.2, 0.25) is 0 Å². The summed E-state index contributed by atoms with van der Waals surface area (Å²) in [6, 6.07) is 0.636. The van der Waals surface area contributed by atoms with Crippen LogP contribution in [-0.2, 0) is 4.79 Å². The van der Waals surface area contributed by atoms with Gasteiger partial charge < -0.3 is 0 Å². The first kappa shape index (κ1) is 13.8. The highest BCUT2D eigenvalue weighted by Crippen LogP contribution is 2.52. The smallest absolute Gasteiger partial charge is 0.152 e. The van der Waals surface area contributed by atoms with Crippen LogP contribution in [-0.4, -0.2) is 44.9 Å². The predicted molar refractivity (Wildman–Crippen MR) is 77.7 cm³/mol. The van der Waals surface area contributed by atoms with Gasteiger partial charge in [0.05, 0.1) is 10.1 Å². The van der Waals surface area contributed by atoms with Crippen LogP contribution < -0.4 is 0 Å². The highest BCUT2D eigenvalue weighted by Gasteiger charge is 2.50. The molecule has 0 aromatic heterocycles. The van der Waals surface area contributed by atoms with E-state index in [0.29, 0.717) is 15.9 Å². The molecule has 0 aromatic carbocycles. The molecule has 0 aliphatic carbocycles. The number of carbonyl (C=O) groups excluding carboxylic acids is 1. The van der Waals surface area contributed by atoms with Crippen LogP contribution in [0.4, 0.5) is 0 Å². The minimum atomic E-state index is 0.160. The third kappa shape index (κ3) is 2.69. The Hall–Kier alpha value is 0.330. The summed E-state index contributed by atoms with van der Waals surface area (Å²) in [5.41, 5.74) is 0. The molecule has 0 amide bonds. The average molecular weight is 273 g/mol. The minimum absolute atomic E-state index is 0.160. The molecule has 1 unspecified atom stereocenters. The fourth-order valence-corrected chi connectivity index (χ4v) is 6.04. The van der Waals surface area contributed by atoms with Crippen molar-refractivity contribution in [2.24, 2.45) is 5.92 Å². The van der Waals surface area contributed by atoms with Crippen LogP contribution in [0.1, 0.15) is 34.1 Å². The van der Waals surface area contributed by atoms with Crippen molar-refractivity contribution in [1.29, 1.82) is 0 Å². The molecule has 2 rings (SSSR count). The lowest BCUT2D eigenvalue weighted by Gasteiger charge is -2.28. The van der Waals surface area contributed by atoms with Gasteiger partial charge in [0, 0.05) is 30.0 Å². The Morgan fingerprint density at radius 1 is 1.24 bits per heavy atom. The molecule has 2 nitrogen and oxygen atoms in total. The summed E-state index contributed by atoms with van der Waals surface area (Å²) in [5.74, 6) is 3.09. The van der Waals surface area contributed by atoms with Gasteiger partial charge >= 0.3 is 0 Å². The Morgan fingerprint density at radius 3 is 2.29 bits per heavy atom. The van der Waals surface area contributed by atoms with E-state index in [9.17, 15) is 4.79 Å². The Labute approximate surface area is 113 Å². The summed E-state index contributed by atoms with van der Waals surface area (Å²) in [7, 11) is 0. The Balaban J connectivity index is 2.16. The molecule has 1 atom stereocenters. The highest BCUT2D eigenvalue weighted by molar-refractivity contribution is 8.21. The van der Waals surface area contributed by atoms with Crippen molar-refractivity contribution in [3.8, 4) is 0 Å². The van der Waals surface area contributed by atoms with Gasteiger partial charge in [-0.3, -0.25) is 9.69 Å². The minimum Gasteiger partial charge on any atom is -0.298 e. The lowest BCUT2D eigenvalue weighted by molar-refractivity contribution is -0.126. The number of nitrogens with zero attached hydrogens (tertiary/aromatic N) is 1. The number of ketones is 1. The maximum Gasteiger partial charge on any atom is 0.152 e. The van der Waals surface area contributed by atoms with E-state index in [1.54, 1.807) is 0 Å². The lowest BCUT2D eigenvalue weighted by atomic mass is 9.99. The van der Waals surface area contributed by atoms with Gasteiger partial charge in [-0.2, -0.15) is 0 Å². The molecular formula is C13H23NOS2. The van der Waals surface area contributed by atoms with Crippen molar-refractivity contribution >= 4 is 29.3 Å². The predicted octanol–water partition coefficient (Wildman–Crippen LogP) is 2.87. The van der Waals surface area contributed by atoms with Crippen molar-refractivity contribution in [3.05, 3.63) is 0 Å². The van der Waals surface area contributed by atoms with Crippen LogP contribution in [0.25, 0.3) is 0 Å². The van der Waals surface area contributed by atoms with E-state index in [2.05, 4.69) is 42.3 Å². The number of likely N-dealkylation sites (tertiary alicyclic amines) is 1. The number of hydrogen-bond donors (Lipinski definition) is 0. The molecule has 2 saturated heterocycles. The second-order valence-electron chi connectivity index (χ2n) is 5.65. The number of rotatable bonds is 3. The summed E-state index contributed by atoms with van der Waals surface area (Å²) in [6.45, 7) is 9.57. The van der Waals surface area contributed by atoms with Crippen LogP contribution in [0, 0.1) is 5.92 Å². The van der Waals surface area contributed by atoms with Crippen molar-refractivity contribution in [3.63, 3.8) is 0 Å². The maximum absolute atomic E-state index is 12.3. The lowest BCUT2D eigenvalue weighted by Crippen LogP contribution is -2.42. The SMILES string of the molecule is CC(C)C(=O)C1CC2(CN1C(C)C)SCCS2. The molecule has 0 N–H and O–H groups in total. The van der Waals surface area contributed by atoms with Crippen molar-refractivity contribution in [1.82, 2.24) is 4.90 Å². The van der Waals surface area contributed by atoms with Crippen LogP contribution in [0.15, 0.2) is 0 Å².